The van der Waals surface area contributed by atoms with E-state index in [1.54, 1.807) is 36.3 Å². The molecule has 0 bridgehead atoms. The maximum Gasteiger partial charge on any atom is 0.416 e. The summed E-state index contributed by atoms with van der Waals surface area (Å²) in [6, 6.07) is 11.3. The van der Waals surface area contributed by atoms with Gasteiger partial charge < -0.3 is 15.0 Å². The minimum atomic E-state index is -4.48. The Balaban J connectivity index is 1.44. The number of alkyl halides is 3. The smallest absolute Gasteiger partial charge is 0.416 e. The van der Waals surface area contributed by atoms with Crippen molar-refractivity contribution in [2.45, 2.75) is 6.18 Å². The van der Waals surface area contributed by atoms with Crippen molar-refractivity contribution in [2.24, 2.45) is 0 Å². The highest BCUT2D eigenvalue weighted by molar-refractivity contribution is 5.95. The lowest BCUT2D eigenvalue weighted by molar-refractivity contribution is -0.137. The summed E-state index contributed by atoms with van der Waals surface area (Å²) in [6.07, 6.45) is -4.48. The van der Waals surface area contributed by atoms with Gasteiger partial charge in [0, 0.05) is 50.4 Å². The van der Waals surface area contributed by atoms with Crippen LogP contribution in [0, 0.1) is 0 Å². The van der Waals surface area contributed by atoms with E-state index in [1.807, 2.05) is 0 Å². The first-order chi connectivity index (χ1) is 14.8. The van der Waals surface area contributed by atoms with Crippen LogP contribution < -0.4 is 10.1 Å². The monoisotopic (exact) mass is 435 g/mol. The van der Waals surface area contributed by atoms with Gasteiger partial charge >= 0.3 is 6.18 Å². The highest BCUT2D eigenvalue weighted by atomic mass is 19.4. The van der Waals surface area contributed by atoms with Crippen LogP contribution in [0.25, 0.3) is 0 Å². The Morgan fingerprint density at radius 3 is 2.29 bits per heavy atom. The molecule has 1 aliphatic heterocycles. The SMILES string of the molecule is COc1ccc(C(=O)NCCN2CCN(C(=O)c3cccc(C(F)(F)F)c3)CC2)cc1. The number of ether oxygens (including phenoxy) is 1. The molecule has 0 atom stereocenters. The van der Waals surface area contributed by atoms with Crippen molar-refractivity contribution in [3.05, 3.63) is 65.2 Å². The van der Waals surface area contributed by atoms with Gasteiger partial charge in [0.2, 0.25) is 0 Å². The van der Waals surface area contributed by atoms with Crippen molar-refractivity contribution in [1.29, 1.82) is 0 Å². The minimum absolute atomic E-state index is 0.0371. The number of piperazine rings is 1. The fourth-order valence-corrected chi connectivity index (χ4v) is 3.36. The minimum Gasteiger partial charge on any atom is -0.497 e. The molecule has 0 aliphatic carbocycles. The molecule has 1 heterocycles. The molecule has 31 heavy (non-hydrogen) atoms. The molecule has 6 nitrogen and oxygen atoms in total. The molecule has 2 amide bonds. The number of carbonyl (C=O) groups excluding carboxylic acids is 2. The Kier molecular flexibility index (Phi) is 7.17. The van der Waals surface area contributed by atoms with Gasteiger partial charge in [0.15, 0.2) is 0 Å². The highest BCUT2D eigenvalue weighted by Gasteiger charge is 2.31. The summed E-state index contributed by atoms with van der Waals surface area (Å²) in [6.45, 7) is 3.08. The van der Waals surface area contributed by atoms with E-state index in [-0.39, 0.29) is 11.5 Å². The summed E-state index contributed by atoms with van der Waals surface area (Å²) in [5.74, 6) is 0.0914. The molecular formula is C22H24F3N3O3. The number of rotatable bonds is 6. The van der Waals surface area contributed by atoms with Crippen molar-refractivity contribution in [1.82, 2.24) is 15.1 Å². The molecule has 1 fully saturated rings. The summed E-state index contributed by atoms with van der Waals surface area (Å²) < 4.78 is 43.7. The van der Waals surface area contributed by atoms with Crippen LogP contribution in [0.5, 0.6) is 5.75 Å². The lowest BCUT2D eigenvalue weighted by atomic mass is 10.1. The molecular weight excluding hydrogens is 411 g/mol. The second-order valence-electron chi connectivity index (χ2n) is 7.20. The Hall–Kier alpha value is -3.07. The lowest BCUT2D eigenvalue weighted by Gasteiger charge is -2.34. The molecule has 9 heteroatoms. The maximum absolute atomic E-state index is 12.9. The summed E-state index contributed by atoms with van der Waals surface area (Å²) in [7, 11) is 1.56. The van der Waals surface area contributed by atoms with Gasteiger partial charge in [-0.25, -0.2) is 0 Å². The van der Waals surface area contributed by atoms with Crippen LogP contribution in [-0.2, 0) is 6.18 Å². The van der Waals surface area contributed by atoms with E-state index in [2.05, 4.69) is 10.2 Å². The summed E-state index contributed by atoms with van der Waals surface area (Å²) in [5.41, 5.74) is -0.253. The maximum atomic E-state index is 12.9. The van der Waals surface area contributed by atoms with Gasteiger partial charge in [0.1, 0.15) is 5.75 Å². The number of nitrogens with zero attached hydrogens (tertiary/aromatic N) is 2. The summed E-state index contributed by atoms with van der Waals surface area (Å²) >= 11 is 0. The number of hydrogen-bond acceptors (Lipinski definition) is 4. The third kappa shape index (κ3) is 5.97. The number of hydrogen-bond donors (Lipinski definition) is 1. The molecule has 0 spiro atoms. The first kappa shape index (κ1) is 22.6. The number of halogens is 3. The van der Waals surface area contributed by atoms with Crippen molar-refractivity contribution in [3.63, 3.8) is 0 Å². The first-order valence-corrected chi connectivity index (χ1v) is 9.89. The third-order valence-electron chi connectivity index (χ3n) is 5.16. The van der Waals surface area contributed by atoms with Crippen LogP contribution in [0.2, 0.25) is 0 Å². The molecule has 3 rings (SSSR count). The van der Waals surface area contributed by atoms with Gasteiger partial charge in [-0.1, -0.05) is 6.07 Å². The number of methoxy groups -OCH3 is 1. The van der Waals surface area contributed by atoms with Crippen LogP contribution >= 0.6 is 0 Å². The topological polar surface area (TPSA) is 61.9 Å². The predicted octanol–water partition coefficient (Wildman–Crippen LogP) is 2.90. The summed E-state index contributed by atoms with van der Waals surface area (Å²) in [5, 5.41) is 2.86. The van der Waals surface area contributed by atoms with Crippen LogP contribution in [-0.4, -0.2) is 68.0 Å². The molecule has 1 aliphatic rings. The van der Waals surface area contributed by atoms with Crippen LogP contribution in [0.3, 0.4) is 0 Å². The number of amides is 2. The number of benzene rings is 2. The van der Waals surface area contributed by atoms with E-state index in [1.165, 1.54) is 12.1 Å². The largest absolute Gasteiger partial charge is 0.497 e. The molecule has 1 N–H and O–H groups in total. The zero-order valence-electron chi connectivity index (χ0n) is 17.1. The van der Waals surface area contributed by atoms with Gasteiger partial charge in [-0.3, -0.25) is 14.5 Å². The number of carbonyl (C=O) groups is 2. The predicted molar refractivity (Wildman–Crippen MR) is 109 cm³/mol. The van der Waals surface area contributed by atoms with E-state index in [4.69, 9.17) is 4.74 Å². The quantitative estimate of drug-likeness (QED) is 0.758. The van der Waals surface area contributed by atoms with Crippen molar-refractivity contribution >= 4 is 11.8 Å². The normalized spacial score (nSPS) is 14.9. The molecule has 0 radical (unpaired) electrons. The van der Waals surface area contributed by atoms with Crippen LogP contribution in [0.1, 0.15) is 26.3 Å². The Morgan fingerprint density at radius 2 is 1.68 bits per heavy atom. The van der Waals surface area contributed by atoms with E-state index in [0.717, 1.165) is 12.1 Å². The van der Waals surface area contributed by atoms with Gasteiger partial charge in [0.25, 0.3) is 11.8 Å². The lowest BCUT2D eigenvalue weighted by Crippen LogP contribution is -2.50. The average molecular weight is 435 g/mol. The molecule has 0 aromatic heterocycles. The second kappa shape index (κ2) is 9.82. The molecule has 2 aromatic carbocycles. The van der Waals surface area contributed by atoms with Crippen molar-refractivity contribution < 1.29 is 27.5 Å². The Morgan fingerprint density at radius 1 is 1.00 bits per heavy atom. The standard InChI is InChI=1S/C22H24F3N3O3/c1-31-19-7-5-16(6-8-19)20(29)26-9-10-27-11-13-28(14-12-27)21(30)17-3-2-4-18(15-17)22(23,24)25/h2-8,15H,9-14H2,1H3,(H,26,29). The van der Waals surface area contributed by atoms with Gasteiger partial charge in [-0.05, 0) is 42.5 Å². The fraction of sp³-hybridized carbons (Fsp3) is 0.364. The van der Waals surface area contributed by atoms with E-state index in [0.29, 0.717) is 50.6 Å². The fourth-order valence-electron chi connectivity index (χ4n) is 3.36. The van der Waals surface area contributed by atoms with Gasteiger partial charge in [-0.2, -0.15) is 13.2 Å². The molecule has 0 unspecified atom stereocenters. The second-order valence-corrected chi connectivity index (χ2v) is 7.20. The Labute approximate surface area is 178 Å². The van der Waals surface area contributed by atoms with E-state index < -0.39 is 17.6 Å². The first-order valence-electron chi connectivity index (χ1n) is 9.89. The van der Waals surface area contributed by atoms with E-state index >= 15 is 0 Å². The molecule has 166 valence electrons. The summed E-state index contributed by atoms with van der Waals surface area (Å²) in [4.78, 5) is 28.4. The van der Waals surface area contributed by atoms with Crippen LogP contribution in [0.4, 0.5) is 13.2 Å². The third-order valence-corrected chi connectivity index (χ3v) is 5.16. The molecule has 2 aromatic rings. The van der Waals surface area contributed by atoms with Crippen molar-refractivity contribution in [3.8, 4) is 5.75 Å². The van der Waals surface area contributed by atoms with Crippen molar-refractivity contribution in [2.75, 3.05) is 46.4 Å². The van der Waals surface area contributed by atoms with Crippen LogP contribution in [0.15, 0.2) is 48.5 Å². The molecule has 1 saturated heterocycles. The zero-order valence-corrected chi connectivity index (χ0v) is 17.1. The highest BCUT2D eigenvalue weighted by Crippen LogP contribution is 2.29. The van der Waals surface area contributed by atoms with Gasteiger partial charge in [-0.15, -0.1) is 0 Å². The number of nitrogens with one attached hydrogen (secondary N) is 1. The average Bonchev–Trinajstić information content (AvgIpc) is 2.78. The Bertz CT molecular complexity index is 908. The van der Waals surface area contributed by atoms with E-state index in [9.17, 15) is 22.8 Å². The zero-order chi connectivity index (χ0) is 22.4. The molecule has 0 saturated carbocycles. The van der Waals surface area contributed by atoms with Gasteiger partial charge in [0.05, 0.1) is 12.7 Å².